The minimum Gasteiger partial charge on any atom is -0.484 e. The molecule has 0 spiro atoms. The molecule has 0 atom stereocenters. The van der Waals surface area contributed by atoms with Crippen LogP contribution in [-0.4, -0.2) is 39.9 Å². The first-order valence-corrected chi connectivity index (χ1v) is 8.93. The molecular formula is C20H21F3N4O2. The first-order valence-electron chi connectivity index (χ1n) is 8.93. The summed E-state index contributed by atoms with van der Waals surface area (Å²) in [4.78, 5) is 10.5. The molecule has 0 aliphatic rings. The zero-order chi connectivity index (χ0) is 21.0. The second-order valence-electron chi connectivity index (χ2n) is 6.86. The van der Waals surface area contributed by atoms with Gasteiger partial charge in [-0.1, -0.05) is 23.4 Å². The van der Waals surface area contributed by atoms with Gasteiger partial charge in [0.15, 0.2) is 6.61 Å². The lowest BCUT2D eigenvalue weighted by molar-refractivity contribution is -0.153. The van der Waals surface area contributed by atoms with Gasteiger partial charge in [0.1, 0.15) is 11.4 Å². The van der Waals surface area contributed by atoms with Crippen molar-refractivity contribution >= 4 is 0 Å². The molecule has 9 heteroatoms. The second kappa shape index (κ2) is 8.60. The zero-order valence-corrected chi connectivity index (χ0v) is 16.3. The Balaban J connectivity index is 1.63. The Morgan fingerprint density at radius 2 is 1.83 bits per heavy atom. The predicted molar refractivity (Wildman–Crippen MR) is 100 cm³/mol. The first-order chi connectivity index (χ1) is 13.7. The molecule has 3 rings (SSSR count). The molecule has 0 saturated heterocycles. The van der Waals surface area contributed by atoms with Crippen LogP contribution in [0.15, 0.2) is 41.1 Å². The van der Waals surface area contributed by atoms with Crippen LogP contribution in [0, 0.1) is 13.8 Å². The van der Waals surface area contributed by atoms with Gasteiger partial charge in [-0.05, 0) is 49.7 Å². The van der Waals surface area contributed by atoms with Gasteiger partial charge >= 0.3 is 6.18 Å². The fraction of sp³-hybridized carbons (Fsp3) is 0.350. The number of hydrogen-bond acceptors (Lipinski definition) is 6. The average molecular weight is 406 g/mol. The van der Waals surface area contributed by atoms with E-state index in [1.165, 1.54) is 0 Å². The third kappa shape index (κ3) is 5.77. The number of halogens is 3. The van der Waals surface area contributed by atoms with E-state index in [0.29, 0.717) is 41.6 Å². The van der Waals surface area contributed by atoms with Crippen molar-refractivity contribution in [2.45, 2.75) is 33.1 Å². The van der Waals surface area contributed by atoms with Crippen molar-refractivity contribution in [1.29, 1.82) is 0 Å². The van der Waals surface area contributed by atoms with Crippen molar-refractivity contribution in [2.24, 2.45) is 0 Å². The minimum absolute atomic E-state index is 0.269. The van der Waals surface area contributed by atoms with Crippen molar-refractivity contribution in [1.82, 2.24) is 20.0 Å². The third-order valence-corrected chi connectivity index (χ3v) is 4.12. The van der Waals surface area contributed by atoms with E-state index in [9.17, 15) is 13.2 Å². The molecule has 0 amide bonds. The van der Waals surface area contributed by atoms with Crippen molar-refractivity contribution in [3.05, 3.63) is 59.1 Å². The lowest BCUT2D eigenvalue weighted by Crippen LogP contribution is -2.20. The number of nitrogens with zero attached hydrogens (tertiary/aromatic N) is 4. The van der Waals surface area contributed by atoms with Crippen molar-refractivity contribution in [3.8, 4) is 17.3 Å². The maximum Gasteiger partial charge on any atom is 0.422 e. The van der Waals surface area contributed by atoms with Gasteiger partial charge in [0.05, 0.1) is 6.54 Å². The molecule has 154 valence electrons. The molecule has 0 aliphatic heterocycles. The predicted octanol–water partition coefficient (Wildman–Crippen LogP) is 4.32. The minimum atomic E-state index is -4.37. The summed E-state index contributed by atoms with van der Waals surface area (Å²) in [5.41, 5.74) is 2.90. The van der Waals surface area contributed by atoms with E-state index >= 15 is 0 Å². The number of ether oxygens (including phenoxy) is 1. The summed E-state index contributed by atoms with van der Waals surface area (Å²) in [7, 11) is 1.89. The van der Waals surface area contributed by atoms with E-state index in [4.69, 9.17) is 9.26 Å². The molecule has 1 aromatic carbocycles. The number of alkyl halides is 3. The van der Waals surface area contributed by atoms with E-state index in [2.05, 4.69) is 15.1 Å². The molecule has 0 radical (unpaired) electrons. The van der Waals surface area contributed by atoms with Crippen LogP contribution in [0.2, 0.25) is 0 Å². The van der Waals surface area contributed by atoms with Crippen molar-refractivity contribution in [3.63, 3.8) is 0 Å². The smallest absolute Gasteiger partial charge is 0.422 e. The van der Waals surface area contributed by atoms with Gasteiger partial charge in [0.2, 0.25) is 11.7 Å². The summed E-state index contributed by atoms with van der Waals surface area (Å²) < 4.78 is 47.5. The molecule has 2 heterocycles. The standard InChI is InChI=1S/C20H21F3N4O2/c1-13-8-15(9-14(2)18(13)28-12-20(21,22)23)10-27(3)11-17-25-19(26-29-17)16-6-4-5-7-24-16/h4-9H,10-12H2,1-3H3. The largest absolute Gasteiger partial charge is 0.484 e. The molecular weight excluding hydrogens is 385 g/mol. The van der Waals surface area contributed by atoms with Gasteiger partial charge in [0.25, 0.3) is 0 Å². The highest BCUT2D eigenvalue weighted by molar-refractivity contribution is 5.47. The number of aryl methyl sites for hydroxylation is 2. The monoisotopic (exact) mass is 406 g/mol. The number of hydrogen-bond donors (Lipinski definition) is 0. The normalized spacial score (nSPS) is 11.8. The van der Waals surface area contributed by atoms with E-state index < -0.39 is 12.8 Å². The summed E-state index contributed by atoms with van der Waals surface area (Å²) in [6.07, 6.45) is -2.71. The van der Waals surface area contributed by atoms with E-state index in [1.807, 2.05) is 36.2 Å². The lowest BCUT2D eigenvalue weighted by Gasteiger charge is -2.18. The van der Waals surface area contributed by atoms with Gasteiger partial charge < -0.3 is 9.26 Å². The fourth-order valence-electron chi connectivity index (χ4n) is 3.03. The van der Waals surface area contributed by atoms with Crippen LogP contribution in [-0.2, 0) is 13.1 Å². The Labute approximate surface area is 166 Å². The summed E-state index contributed by atoms with van der Waals surface area (Å²) in [6, 6.07) is 9.09. The van der Waals surface area contributed by atoms with Crippen LogP contribution in [0.1, 0.15) is 22.6 Å². The summed E-state index contributed by atoms with van der Waals surface area (Å²) in [5, 5.41) is 3.94. The van der Waals surface area contributed by atoms with Crippen LogP contribution in [0.25, 0.3) is 11.5 Å². The van der Waals surface area contributed by atoms with Gasteiger partial charge in [-0.25, -0.2) is 0 Å². The molecule has 3 aromatic rings. The van der Waals surface area contributed by atoms with Crippen LogP contribution in [0.5, 0.6) is 5.75 Å². The number of benzene rings is 1. The average Bonchev–Trinajstić information content (AvgIpc) is 3.09. The molecule has 29 heavy (non-hydrogen) atoms. The molecule has 0 saturated carbocycles. The van der Waals surface area contributed by atoms with Crippen LogP contribution in [0.3, 0.4) is 0 Å². The molecule has 0 unspecified atom stereocenters. The van der Waals surface area contributed by atoms with Gasteiger partial charge in [-0.15, -0.1) is 0 Å². The summed E-state index contributed by atoms with van der Waals surface area (Å²) >= 11 is 0. The molecule has 0 N–H and O–H groups in total. The number of pyridine rings is 1. The number of aromatic nitrogens is 3. The van der Waals surface area contributed by atoms with Crippen LogP contribution >= 0.6 is 0 Å². The zero-order valence-electron chi connectivity index (χ0n) is 16.3. The summed E-state index contributed by atoms with van der Waals surface area (Å²) in [6.45, 7) is 3.15. The first kappa shape index (κ1) is 20.8. The van der Waals surface area contributed by atoms with E-state index in [-0.39, 0.29) is 5.75 Å². The van der Waals surface area contributed by atoms with Gasteiger partial charge in [-0.2, -0.15) is 18.2 Å². The Morgan fingerprint density at radius 3 is 2.45 bits per heavy atom. The Morgan fingerprint density at radius 1 is 1.10 bits per heavy atom. The van der Waals surface area contributed by atoms with E-state index in [1.54, 1.807) is 26.1 Å². The molecule has 0 bridgehead atoms. The van der Waals surface area contributed by atoms with E-state index in [0.717, 1.165) is 5.56 Å². The Kier molecular flexibility index (Phi) is 6.17. The Hall–Kier alpha value is -2.94. The van der Waals surface area contributed by atoms with Crippen LogP contribution < -0.4 is 4.74 Å². The molecule has 0 fully saturated rings. The highest BCUT2D eigenvalue weighted by Gasteiger charge is 2.29. The molecule has 6 nitrogen and oxygen atoms in total. The van der Waals surface area contributed by atoms with Crippen molar-refractivity contribution < 1.29 is 22.4 Å². The lowest BCUT2D eigenvalue weighted by atomic mass is 10.1. The third-order valence-electron chi connectivity index (χ3n) is 4.12. The summed E-state index contributed by atoms with van der Waals surface area (Å²) in [5.74, 6) is 1.14. The maximum atomic E-state index is 12.4. The molecule has 0 aliphatic carbocycles. The number of rotatable bonds is 7. The fourth-order valence-corrected chi connectivity index (χ4v) is 3.03. The highest BCUT2D eigenvalue weighted by atomic mass is 19.4. The van der Waals surface area contributed by atoms with Gasteiger partial charge in [-0.3, -0.25) is 9.88 Å². The molecule has 2 aromatic heterocycles. The topological polar surface area (TPSA) is 64.3 Å². The van der Waals surface area contributed by atoms with Gasteiger partial charge in [0, 0.05) is 12.7 Å². The second-order valence-corrected chi connectivity index (χ2v) is 6.86. The van der Waals surface area contributed by atoms with Crippen molar-refractivity contribution in [2.75, 3.05) is 13.7 Å². The quantitative estimate of drug-likeness (QED) is 0.582. The highest BCUT2D eigenvalue weighted by Crippen LogP contribution is 2.27. The SMILES string of the molecule is Cc1cc(CN(C)Cc2nc(-c3ccccn3)no2)cc(C)c1OCC(F)(F)F. The maximum absolute atomic E-state index is 12.4. The van der Waals surface area contributed by atoms with Crippen LogP contribution in [0.4, 0.5) is 13.2 Å². The Bertz CT molecular complexity index is 935.